The van der Waals surface area contributed by atoms with E-state index in [4.69, 9.17) is 9.84 Å². The highest BCUT2D eigenvalue weighted by Crippen LogP contribution is 2.26. The third kappa shape index (κ3) is 7.65. The van der Waals surface area contributed by atoms with Crippen LogP contribution in [-0.2, 0) is 14.4 Å². The Labute approximate surface area is 164 Å². The number of hydrogen-bond acceptors (Lipinski definition) is 4. The van der Waals surface area contributed by atoms with Gasteiger partial charge in [0, 0.05) is 0 Å². The zero-order chi connectivity index (χ0) is 21.3. The monoisotopic (exact) mass is 389 g/mol. The first-order valence-corrected chi connectivity index (χ1v) is 8.94. The van der Waals surface area contributed by atoms with E-state index in [9.17, 15) is 19.5 Å². The molecule has 0 atom stereocenters. The number of nitrogens with one attached hydrogen (secondary N) is 1. The Morgan fingerprint density at radius 2 is 1.71 bits per heavy atom. The number of aliphatic carboxylic acids is 2. The summed E-state index contributed by atoms with van der Waals surface area (Å²) in [4.78, 5) is 35.1. The van der Waals surface area contributed by atoms with E-state index in [1.54, 1.807) is 24.3 Å². The molecule has 0 saturated carbocycles. The van der Waals surface area contributed by atoms with Crippen molar-refractivity contribution in [3.8, 4) is 5.75 Å². The number of carbonyl (C=O) groups excluding carboxylic acids is 1. The van der Waals surface area contributed by atoms with Gasteiger partial charge in [0.1, 0.15) is 18.9 Å². The molecule has 0 fully saturated rings. The Balaban J connectivity index is 3.26. The largest absolute Gasteiger partial charge is 0.490 e. The Morgan fingerprint density at radius 1 is 1.11 bits per heavy atom. The smallest absolute Gasteiger partial charge is 0.332 e. The van der Waals surface area contributed by atoms with Crippen molar-refractivity contribution >= 4 is 23.4 Å². The molecular formula is C21H27NO6. The van der Waals surface area contributed by atoms with E-state index in [-0.39, 0.29) is 23.5 Å². The molecule has 0 aliphatic carbocycles. The van der Waals surface area contributed by atoms with Gasteiger partial charge in [-0.05, 0) is 50.0 Å². The predicted octanol–water partition coefficient (Wildman–Crippen LogP) is 3.12. The van der Waals surface area contributed by atoms with Crippen LogP contribution in [0.15, 0.2) is 41.5 Å². The number of amides is 1. The molecule has 0 saturated heterocycles. The van der Waals surface area contributed by atoms with Crippen LogP contribution >= 0.6 is 0 Å². The van der Waals surface area contributed by atoms with Gasteiger partial charge < -0.3 is 20.3 Å². The van der Waals surface area contributed by atoms with E-state index < -0.39 is 24.4 Å². The van der Waals surface area contributed by atoms with Crippen LogP contribution in [0.5, 0.6) is 5.75 Å². The summed E-state index contributed by atoms with van der Waals surface area (Å²) in [7, 11) is 0. The molecule has 28 heavy (non-hydrogen) atoms. The third-order valence-corrected chi connectivity index (χ3v) is 3.68. The van der Waals surface area contributed by atoms with Crippen molar-refractivity contribution in [3.05, 3.63) is 47.1 Å². The molecule has 1 amide bonds. The van der Waals surface area contributed by atoms with Crippen LogP contribution in [-0.4, -0.2) is 41.2 Å². The molecule has 7 nitrogen and oxygen atoms in total. The van der Waals surface area contributed by atoms with Gasteiger partial charge in [-0.2, -0.15) is 0 Å². The minimum atomic E-state index is -1.21. The lowest BCUT2D eigenvalue weighted by atomic mass is 9.93. The molecule has 0 aromatic heterocycles. The first kappa shape index (κ1) is 23.0. The second-order valence-electron chi connectivity index (χ2n) is 6.95. The van der Waals surface area contributed by atoms with Crippen LogP contribution in [0.4, 0.5) is 0 Å². The molecular weight excluding hydrogens is 362 g/mol. The maximum Gasteiger partial charge on any atom is 0.332 e. The van der Waals surface area contributed by atoms with Crippen LogP contribution in [0, 0.1) is 5.92 Å². The van der Waals surface area contributed by atoms with Gasteiger partial charge in [-0.3, -0.25) is 9.59 Å². The number of hydrogen-bond donors (Lipinski definition) is 3. The fourth-order valence-electron chi connectivity index (χ4n) is 2.41. The van der Waals surface area contributed by atoms with Gasteiger partial charge in [0.2, 0.25) is 0 Å². The van der Waals surface area contributed by atoms with Gasteiger partial charge in [-0.15, -0.1) is 0 Å². The first-order valence-electron chi connectivity index (χ1n) is 8.94. The summed E-state index contributed by atoms with van der Waals surface area (Å²) in [6.45, 7) is 7.41. The standard InChI is InChI=1S/C21H27NO6/c1-13(2)9-10-28-16-7-5-15(6-8-16)19(20(25)22-12-18(23)24)17(21(26)27)11-14(3)4/h5-9,14H,10-12H2,1-4H3,(H,22,25)(H,23,24)(H,26,27)/b19-17-. The average Bonchev–Trinajstić information content (AvgIpc) is 2.60. The summed E-state index contributed by atoms with van der Waals surface area (Å²) < 4.78 is 5.58. The van der Waals surface area contributed by atoms with Gasteiger partial charge in [0.15, 0.2) is 0 Å². The van der Waals surface area contributed by atoms with Crippen LogP contribution in [0.25, 0.3) is 5.57 Å². The van der Waals surface area contributed by atoms with E-state index in [2.05, 4.69) is 5.32 Å². The molecule has 0 spiro atoms. The van der Waals surface area contributed by atoms with Crippen LogP contribution in [0.1, 0.15) is 39.7 Å². The molecule has 1 aromatic carbocycles. The van der Waals surface area contributed by atoms with E-state index in [1.165, 1.54) is 0 Å². The Bertz CT molecular complexity index is 771. The number of benzene rings is 1. The van der Waals surface area contributed by atoms with E-state index in [0.717, 1.165) is 5.57 Å². The zero-order valence-corrected chi connectivity index (χ0v) is 16.6. The molecule has 152 valence electrons. The summed E-state index contributed by atoms with van der Waals surface area (Å²) in [5, 5.41) is 20.7. The summed E-state index contributed by atoms with van der Waals surface area (Å²) in [5.41, 5.74) is 1.40. The fourth-order valence-corrected chi connectivity index (χ4v) is 2.41. The highest BCUT2D eigenvalue weighted by molar-refractivity contribution is 6.25. The van der Waals surface area contributed by atoms with Crippen LogP contribution < -0.4 is 10.1 Å². The van der Waals surface area contributed by atoms with Gasteiger partial charge >= 0.3 is 11.9 Å². The maximum atomic E-state index is 12.6. The summed E-state index contributed by atoms with van der Waals surface area (Å²) in [5.74, 6) is -2.58. The second kappa shape index (κ2) is 10.9. The molecule has 0 bridgehead atoms. The predicted molar refractivity (Wildman–Crippen MR) is 106 cm³/mol. The minimum absolute atomic E-state index is 0.0000472. The quantitative estimate of drug-likeness (QED) is 0.419. The van der Waals surface area contributed by atoms with Crippen molar-refractivity contribution in [3.63, 3.8) is 0 Å². The molecule has 0 aliphatic heterocycles. The van der Waals surface area contributed by atoms with Crippen molar-refractivity contribution in [1.82, 2.24) is 5.32 Å². The normalized spacial score (nSPS) is 11.5. The van der Waals surface area contributed by atoms with E-state index in [1.807, 2.05) is 33.8 Å². The van der Waals surface area contributed by atoms with Crippen molar-refractivity contribution < 1.29 is 29.3 Å². The second-order valence-corrected chi connectivity index (χ2v) is 6.95. The van der Waals surface area contributed by atoms with Crippen molar-refractivity contribution in [1.29, 1.82) is 0 Å². The summed E-state index contributed by atoms with van der Waals surface area (Å²) >= 11 is 0. The number of carboxylic acids is 2. The molecule has 1 aromatic rings. The molecule has 0 radical (unpaired) electrons. The van der Waals surface area contributed by atoms with E-state index in [0.29, 0.717) is 17.9 Å². The Hall–Kier alpha value is -3.09. The fraction of sp³-hybridized carbons (Fsp3) is 0.381. The van der Waals surface area contributed by atoms with Crippen LogP contribution in [0.3, 0.4) is 0 Å². The lowest BCUT2D eigenvalue weighted by molar-refractivity contribution is -0.137. The lowest BCUT2D eigenvalue weighted by Gasteiger charge is -2.15. The maximum absolute atomic E-state index is 12.6. The highest BCUT2D eigenvalue weighted by atomic mass is 16.5. The van der Waals surface area contributed by atoms with Gasteiger partial charge in [-0.25, -0.2) is 4.79 Å². The third-order valence-electron chi connectivity index (χ3n) is 3.68. The molecule has 0 heterocycles. The highest BCUT2D eigenvalue weighted by Gasteiger charge is 2.23. The van der Waals surface area contributed by atoms with Gasteiger partial charge in [-0.1, -0.05) is 31.6 Å². The molecule has 0 unspecified atom stereocenters. The number of allylic oxidation sites excluding steroid dienone is 1. The number of ether oxygens (including phenoxy) is 1. The lowest BCUT2D eigenvalue weighted by Crippen LogP contribution is -2.31. The Morgan fingerprint density at radius 3 is 2.18 bits per heavy atom. The van der Waals surface area contributed by atoms with Crippen molar-refractivity contribution in [2.24, 2.45) is 5.92 Å². The summed E-state index contributed by atoms with van der Waals surface area (Å²) in [6, 6.07) is 6.48. The molecule has 3 N–H and O–H groups in total. The number of carboxylic acid groups (broad SMARTS) is 2. The van der Waals surface area contributed by atoms with Gasteiger partial charge in [0.05, 0.1) is 11.1 Å². The van der Waals surface area contributed by atoms with E-state index >= 15 is 0 Å². The molecule has 7 heteroatoms. The average molecular weight is 389 g/mol. The SMILES string of the molecule is CC(C)=CCOc1ccc(/C(C(=O)NCC(=O)O)=C(\CC(C)C)C(=O)O)cc1. The summed E-state index contributed by atoms with van der Waals surface area (Å²) in [6.07, 6.45) is 2.09. The van der Waals surface area contributed by atoms with Crippen LogP contribution in [0.2, 0.25) is 0 Å². The Kier molecular flexibility index (Phi) is 8.95. The number of carbonyl (C=O) groups is 3. The molecule has 0 aliphatic rings. The minimum Gasteiger partial charge on any atom is -0.490 e. The van der Waals surface area contributed by atoms with Gasteiger partial charge in [0.25, 0.3) is 5.91 Å². The molecule has 1 rings (SSSR count). The van der Waals surface area contributed by atoms with Crippen molar-refractivity contribution in [2.75, 3.05) is 13.2 Å². The topological polar surface area (TPSA) is 113 Å². The number of rotatable bonds is 10. The zero-order valence-electron chi connectivity index (χ0n) is 16.6. The van der Waals surface area contributed by atoms with Crippen molar-refractivity contribution in [2.45, 2.75) is 34.1 Å². The first-order chi connectivity index (χ1) is 13.1.